The first-order chi connectivity index (χ1) is 7.59. The van der Waals surface area contributed by atoms with Gasteiger partial charge >= 0.3 is 0 Å². The molecule has 2 aromatic rings. The first kappa shape index (κ1) is 11.2. The molecule has 1 N–H and O–H groups in total. The second-order valence-corrected chi connectivity index (χ2v) is 4.25. The minimum absolute atomic E-state index is 0.533. The SMILES string of the molecule is Cc1cccc(C(O)c2c(Br)nnn2C)n1. The molecule has 84 valence electrons. The average Bonchev–Trinajstić information content (AvgIpc) is 2.58. The van der Waals surface area contributed by atoms with Gasteiger partial charge in [0.2, 0.25) is 0 Å². The molecule has 0 radical (unpaired) electrons. The maximum absolute atomic E-state index is 10.2. The predicted octanol–water partition coefficient (Wildman–Crippen LogP) is 1.36. The summed E-state index contributed by atoms with van der Waals surface area (Å²) in [4.78, 5) is 4.27. The van der Waals surface area contributed by atoms with E-state index in [0.717, 1.165) is 5.69 Å². The number of halogens is 1. The van der Waals surface area contributed by atoms with E-state index in [4.69, 9.17) is 0 Å². The Morgan fingerprint density at radius 3 is 2.75 bits per heavy atom. The molecule has 2 aromatic heterocycles. The van der Waals surface area contributed by atoms with Gasteiger partial charge in [-0.15, -0.1) is 5.10 Å². The molecule has 0 spiro atoms. The summed E-state index contributed by atoms with van der Waals surface area (Å²) in [5.74, 6) is 0. The van der Waals surface area contributed by atoms with Crippen molar-refractivity contribution in [3.05, 3.63) is 39.9 Å². The van der Waals surface area contributed by atoms with Crippen molar-refractivity contribution in [3.8, 4) is 0 Å². The molecular formula is C10H11BrN4O. The van der Waals surface area contributed by atoms with E-state index in [1.54, 1.807) is 13.1 Å². The van der Waals surface area contributed by atoms with Gasteiger partial charge in [0.1, 0.15) is 11.8 Å². The monoisotopic (exact) mass is 282 g/mol. The molecule has 0 aliphatic carbocycles. The molecule has 0 saturated carbocycles. The summed E-state index contributed by atoms with van der Waals surface area (Å²) in [5.41, 5.74) is 2.05. The van der Waals surface area contributed by atoms with Crippen LogP contribution < -0.4 is 0 Å². The van der Waals surface area contributed by atoms with Crippen LogP contribution in [0.25, 0.3) is 0 Å². The van der Waals surface area contributed by atoms with Crippen molar-refractivity contribution in [1.29, 1.82) is 0 Å². The van der Waals surface area contributed by atoms with Gasteiger partial charge in [-0.1, -0.05) is 11.3 Å². The van der Waals surface area contributed by atoms with Gasteiger partial charge in [0.25, 0.3) is 0 Å². The van der Waals surface area contributed by atoms with Crippen molar-refractivity contribution in [1.82, 2.24) is 20.0 Å². The number of rotatable bonds is 2. The third-order valence-corrected chi connectivity index (χ3v) is 2.84. The fourth-order valence-electron chi connectivity index (χ4n) is 1.49. The molecule has 0 amide bonds. The Morgan fingerprint density at radius 2 is 2.19 bits per heavy atom. The van der Waals surface area contributed by atoms with Gasteiger partial charge in [-0.3, -0.25) is 4.98 Å². The summed E-state index contributed by atoms with van der Waals surface area (Å²) in [5, 5.41) is 17.8. The molecule has 0 aliphatic heterocycles. The first-order valence-corrected chi connectivity index (χ1v) is 5.55. The topological polar surface area (TPSA) is 63.8 Å². The quantitative estimate of drug-likeness (QED) is 0.904. The van der Waals surface area contributed by atoms with Crippen LogP contribution in [0.15, 0.2) is 22.8 Å². The van der Waals surface area contributed by atoms with E-state index in [0.29, 0.717) is 16.0 Å². The molecule has 0 saturated heterocycles. The lowest BCUT2D eigenvalue weighted by molar-refractivity contribution is 0.204. The Kier molecular flexibility index (Phi) is 3.02. The standard InChI is InChI=1S/C10H11BrN4O/c1-6-4-3-5-7(12-6)9(16)8-10(11)13-14-15(8)2/h3-5,9,16H,1-2H3. The Hall–Kier alpha value is -1.27. The van der Waals surface area contributed by atoms with Crippen LogP contribution in [-0.4, -0.2) is 25.1 Å². The predicted molar refractivity (Wildman–Crippen MR) is 61.7 cm³/mol. The van der Waals surface area contributed by atoms with Gasteiger partial charge in [-0.25, -0.2) is 4.68 Å². The highest BCUT2D eigenvalue weighted by molar-refractivity contribution is 9.10. The molecule has 0 aliphatic rings. The van der Waals surface area contributed by atoms with E-state index in [-0.39, 0.29) is 0 Å². The Labute approximate surface area is 101 Å². The third kappa shape index (κ3) is 1.98. The number of hydrogen-bond donors (Lipinski definition) is 1. The molecule has 0 aromatic carbocycles. The molecule has 16 heavy (non-hydrogen) atoms. The summed E-state index contributed by atoms with van der Waals surface area (Å²) < 4.78 is 2.06. The van der Waals surface area contributed by atoms with E-state index in [1.165, 1.54) is 4.68 Å². The van der Waals surface area contributed by atoms with Crippen LogP contribution in [0.5, 0.6) is 0 Å². The van der Waals surface area contributed by atoms with Crippen molar-refractivity contribution >= 4 is 15.9 Å². The normalized spacial score (nSPS) is 12.8. The summed E-state index contributed by atoms with van der Waals surface area (Å²) in [6.45, 7) is 1.88. The zero-order chi connectivity index (χ0) is 11.7. The summed E-state index contributed by atoms with van der Waals surface area (Å²) in [6, 6.07) is 5.52. The van der Waals surface area contributed by atoms with Crippen molar-refractivity contribution in [2.75, 3.05) is 0 Å². The van der Waals surface area contributed by atoms with Crippen LogP contribution in [0.1, 0.15) is 23.2 Å². The van der Waals surface area contributed by atoms with Gasteiger partial charge < -0.3 is 5.11 Å². The number of aliphatic hydroxyl groups excluding tert-OH is 1. The lowest BCUT2D eigenvalue weighted by Crippen LogP contribution is -2.09. The number of pyridine rings is 1. The smallest absolute Gasteiger partial charge is 0.154 e. The van der Waals surface area contributed by atoms with Crippen molar-refractivity contribution < 1.29 is 5.11 Å². The molecule has 2 heterocycles. The number of hydrogen-bond acceptors (Lipinski definition) is 4. The molecule has 5 nitrogen and oxygen atoms in total. The number of nitrogens with zero attached hydrogens (tertiary/aromatic N) is 4. The van der Waals surface area contributed by atoms with Crippen LogP contribution in [0.2, 0.25) is 0 Å². The lowest BCUT2D eigenvalue weighted by atomic mass is 10.1. The minimum Gasteiger partial charge on any atom is -0.380 e. The fourth-order valence-corrected chi connectivity index (χ4v) is 2.03. The van der Waals surface area contributed by atoms with Gasteiger partial charge in [-0.2, -0.15) is 0 Å². The van der Waals surface area contributed by atoms with Crippen LogP contribution in [0, 0.1) is 6.92 Å². The maximum Gasteiger partial charge on any atom is 0.154 e. The number of aryl methyl sites for hydroxylation is 2. The lowest BCUT2D eigenvalue weighted by Gasteiger charge is -2.10. The Bertz CT molecular complexity index is 492. The van der Waals surface area contributed by atoms with Crippen LogP contribution in [0.4, 0.5) is 0 Å². The van der Waals surface area contributed by atoms with Crippen molar-refractivity contribution in [2.24, 2.45) is 7.05 Å². The fraction of sp³-hybridized carbons (Fsp3) is 0.300. The second kappa shape index (κ2) is 4.31. The van der Waals surface area contributed by atoms with E-state index < -0.39 is 6.10 Å². The minimum atomic E-state index is -0.825. The molecule has 0 fully saturated rings. The van der Waals surface area contributed by atoms with Crippen molar-refractivity contribution in [2.45, 2.75) is 13.0 Å². The third-order valence-electron chi connectivity index (χ3n) is 2.28. The maximum atomic E-state index is 10.2. The largest absolute Gasteiger partial charge is 0.380 e. The van der Waals surface area contributed by atoms with Gasteiger partial charge in [0, 0.05) is 12.7 Å². The van der Waals surface area contributed by atoms with Crippen LogP contribution in [-0.2, 0) is 7.05 Å². The summed E-state index contributed by atoms with van der Waals surface area (Å²) >= 11 is 3.25. The highest BCUT2D eigenvalue weighted by Gasteiger charge is 2.20. The highest BCUT2D eigenvalue weighted by Crippen LogP contribution is 2.25. The number of aromatic nitrogens is 4. The first-order valence-electron chi connectivity index (χ1n) is 4.76. The van der Waals surface area contributed by atoms with Crippen LogP contribution >= 0.6 is 15.9 Å². The Balaban J connectivity index is 2.43. The average molecular weight is 283 g/mol. The van der Waals surface area contributed by atoms with E-state index in [1.807, 2.05) is 19.1 Å². The molecule has 1 unspecified atom stereocenters. The zero-order valence-electron chi connectivity index (χ0n) is 8.92. The highest BCUT2D eigenvalue weighted by atomic mass is 79.9. The second-order valence-electron chi connectivity index (χ2n) is 3.50. The molecule has 6 heteroatoms. The summed E-state index contributed by atoms with van der Waals surface area (Å²) in [6.07, 6.45) is -0.825. The van der Waals surface area contributed by atoms with Gasteiger partial charge in [-0.05, 0) is 35.0 Å². The molecule has 0 bridgehead atoms. The van der Waals surface area contributed by atoms with E-state index in [2.05, 4.69) is 31.2 Å². The molecule has 1 atom stereocenters. The molecular weight excluding hydrogens is 272 g/mol. The van der Waals surface area contributed by atoms with E-state index >= 15 is 0 Å². The van der Waals surface area contributed by atoms with E-state index in [9.17, 15) is 5.11 Å². The van der Waals surface area contributed by atoms with Gasteiger partial charge in [0.05, 0.1) is 5.69 Å². The van der Waals surface area contributed by atoms with Crippen LogP contribution in [0.3, 0.4) is 0 Å². The summed E-state index contributed by atoms with van der Waals surface area (Å²) in [7, 11) is 1.73. The Morgan fingerprint density at radius 1 is 1.44 bits per heavy atom. The zero-order valence-corrected chi connectivity index (χ0v) is 10.5. The number of aliphatic hydroxyl groups is 1. The molecule has 2 rings (SSSR count). The van der Waals surface area contributed by atoms with Gasteiger partial charge in [0.15, 0.2) is 4.60 Å². The van der Waals surface area contributed by atoms with Crippen molar-refractivity contribution in [3.63, 3.8) is 0 Å².